The number of halogens is 1. The second-order valence-corrected chi connectivity index (χ2v) is 5.90. The zero-order valence-corrected chi connectivity index (χ0v) is 12.7. The van der Waals surface area contributed by atoms with Crippen LogP contribution in [0.4, 0.5) is 5.69 Å². The Kier molecular flexibility index (Phi) is 3.00. The van der Waals surface area contributed by atoms with E-state index in [2.05, 4.69) is 43.5 Å². The summed E-state index contributed by atoms with van der Waals surface area (Å²) < 4.78 is 6.51. The van der Waals surface area contributed by atoms with Gasteiger partial charge in [0.1, 0.15) is 0 Å². The third-order valence-corrected chi connectivity index (χ3v) is 4.20. The van der Waals surface area contributed by atoms with E-state index in [-0.39, 0.29) is 5.92 Å². The monoisotopic (exact) mass is 341 g/mol. The summed E-state index contributed by atoms with van der Waals surface area (Å²) in [6.07, 6.45) is 0. The van der Waals surface area contributed by atoms with Gasteiger partial charge >= 0.3 is 0 Å². The summed E-state index contributed by atoms with van der Waals surface area (Å²) in [4.78, 5) is 4.56. The minimum absolute atomic E-state index is 0.123. The Labute approximate surface area is 130 Å². The van der Waals surface area contributed by atoms with E-state index in [9.17, 15) is 0 Å². The van der Waals surface area contributed by atoms with Gasteiger partial charge in [-0.25, -0.2) is 0 Å². The van der Waals surface area contributed by atoms with Crippen molar-refractivity contribution in [2.45, 2.75) is 5.92 Å². The predicted molar refractivity (Wildman–Crippen MR) is 84.2 cm³/mol. The van der Waals surface area contributed by atoms with Crippen molar-refractivity contribution in [3.8, 4) is 11.4 Å². The quantitative estimate of drug-likeness (QED) is 0.763. The molecule has 0 radical (unpaired) electrons. The van der Waals surface area contributed by atoms with Crippen LogP contribution >= 0.6 is 15.9 Å². The number of rotatable bonds is 2. The highest BCUT2D eigenvalue weighted by Gasteiger charge is 2.28. The Morgan fingerprint density at radius 1 is 1.10 bits per heavy atom. The van der Waals surface area contributed by atoms with Gasteiger partial charge in [0.15, 0.2) is 0 Å². The molecule has 104 valence electrons. The normalized spacial score (nSPS) is 16.5. The number of nitrogens with one attached hydrogen (secondary N) is 1. The van der Waals surface area contributed by atoms with Crippen LogP contribution in [0, 0.1) is 0 Å². The molecular weight excluding hydrogens is 330 g/mol. The maximum atomic E-state index is 5.48. The third kappa shape index (κ3) is 2.23. The minimum atomic E-state index is 0.123. The Hall–Kier alpha value is -2.14. The molecule has 0 saturated carbocycles. The third-order valence-electron chi connectivity index (χ3n) is 3.68. The van der Waals surface area contributed by atoms with E-state index in [0.29, 0.717) is 11.7 Å². The van der Waals surface area contributed by atoms with Gasteiger partial charge in [0.2, 0.25) is 11.7 Å². The average molecular weight is 342 g/mol. The van der Waals surface area contributed by atoms with E-state index in [0.717, 1.165) is 22.3 Å². The zero-order valence-electron chi connectivity index (χ0n) is 11.1. The van der Waals surface area contributed by atoms with Gasteiger partial charge in [-0.05, 0) is 35.9 Å². The van der Waals surface area contributed by atoms with Gasteiger partial charge in [0.05, 0.1) is 5.92 Å². The summed E-state index contributed by atoms with van der Waals surface area (Å²) in [5, 5.41) is 7.48. The van der Waals surface area contributed by atoms with E-state index in [1.54, 1.807) is 0 Å². The first kappa shape index (κ1) is 12.6. The fraction of sp³-hybridized carbons (Fsp3) is 0.125. The number of para-hydroxylation sites is 1. The SMILES string of the molecule is Brc1ccc(-c2noc(C3CNc4ccccc43)n2)cc1. The van der Waals surface area contributed by atoms with Crippen LogP contribution in [0.2, 0.25) is 0 Å². The van der Waals surface area contributed by atoms with Crippen LogP contribution in [0.3, 0.4) is 0 Å². The molecule has 0 bridgehead atoms. The van der Waals surface area contributed by atoms with Crippen LogP contribution in [0.15, 0.2) is 57.5 Å². The van der Waals surface area contributed by atoms with Crippen LogP contribution in [0.1, 0.15) is 17.4 Å². The van der Waals surface area contributed by atoms with Gasteiger partial charge < -0.3 is 9.84 Å². The van der Waals surface area contributed by atoms with Gasteiger partial charge in [-0.3, -0.25) is 0 Å². The maximum Gasteiger partial charge on any atom is 0.236 e. The van der Waals surface area contributed by atoms with Crippen LogP contribution in [0.25, 0.3) is 11.4 Å². The van der Waals surface area contributed by atoms with Crippen LogP contribution in [-0.4, -0.2) is 16.7 Å². The van der Waals surface area contributed by atoms with E-state index < -0.39 is 0 Å². The first-order valence-corrected chi connectivity index (χ1v) is 7.53. The standard InChI is InChI=1S/C16H12BrN3O/c17-11-7-5-10(6-8-11)15-19-16(21-20-15)13-9-18-14-4-2-1-3-12(13)14/h1-8,13,18H,9H2. The molecule has 1 aromatic heterocycles. The number of nitrogens with zero attached hydrogens (tertiary/aromatic N) is 2. The lowest BCUT2D eigenvalue weighted by atomic mass is 10.0. The van der Waals surface area contributed by atoms with Crippen molar-refractivity contribution in [1.29, 1.82) is 0 Å². The second-order valence-electron chi connectivity index (χ2n) is 4.98. The van der Waals surface area contributed by atoms with Crippen molar-refractivity contribution in [3.63, 3.8) is 0 Å². The highest BCUT2D eigenvalue weighted by atomic mass is 79.9. The number of hydrogen-bond acceptors (Lipinski definition) is 4. The van der Waals surface area contributed by atoms with E-state index in [1.165, 1.54) is 5.56 Å². The summed E-state index contributed by atoms with van der Waals surface area (Å²) in [5.74, 6) is 1.41. The molecular formula is C16H12BrN3O. The van der Waals surface area contributed by atoms with Crippen molar-refractivity contribution in [1.82, 2.24) is 10.1 Å². The van der Waals surface area contributed by atoms with Crippen molar-refractivity contribution in [3.05, 3.63) is 64.5 Å². The molecule has 0 spiro atoms. The molecule has 1 aliphatic heterocycles. The Morgan fingerprint density at radius 3 is 2.76 bits per heavy atom. The average Bonchev–Trinajstić information content (AvgIpc) is 3.14. The van der Waals surface area contributed by atoms with Crippen LogP contribution < -0.4 is 5.32 Å². The summed E-state index contributed by atoms with van der Waals surface area (Å²) in [6.45, 7) is 0.793. The van der Waals surface area contributed by atoms with Crippen molar-refractivity contribution in [2.24, 2.45) is 0 Å². The lowest BCUT2D eigenvalue weighted by Crippen LogP contribution is -2.04. The molecule has 4 rings (SSSR count). The molecule has 1 unspecified atom stereocenters. The number of benzene rings is 2. The van der Waals surface area contributed by atoms with Crippen molar-refractivity contribution >= 4 is 21.6 Å². The molecule has 0 aliphatic carbocycles. The molecule has 1 N–H and O–H groups in total. The smallest absolute Gasteiger partial charge is 0.236 e. The van der Waals surface area contributed by atoms with Crippen molar-refractivity contribution < 1.29 is 4.52 Å². The minimum Gasteiger partial charge on any atom is -0.384 e. The fourth-order valence-electron chi connectivity index (χ4n) is 2.60. The zero-order chi connectivity index (χ0) is 14.2. The highest BCUT2D eigenvalue weighted by molar-refractivity contribution is 9.10. The summed E-state index contributed by atoms with van der Waals surface area (Å²) in [5.41, 5.74) is 3.31. The molecule has 1 aliphatic rings. The van der Waals surface area contributed by atoms with Gasteiger partial charge in [0, 0.05) is 22.3 Å². The lowest BCUT2D eigenvalue weighted by Gasteiger charge is -2.03. The molecule has 1 atom stereocenters. The summed E-state index contributed by atoms with van der Waals surface area (Å²) >= 11 is 3.42. The molecule has 0 amide bonds. The molecule has 0 fully saturated rings. The number of aromatic nitrogens is 2. The molecule has 21 heavy (non-hydrogen) atoms. The molecule has 4 nitrogen and oxygen atoms in total. The predicted octanol–water partition coefficient (Wildman–Crippen LogP) is 4.06. The number of anilines is 1. The molecule has 2 aromatic carbocycles. The number of hydrogen-bond donors (Lipinski definition) is 1. The first-order valence-electron chi connectivity index (χ1n) is 6.73. The van der Waals surface area contributed by atoms with Gasteiger partial charge in [-0.2, -0.15) is 4.98 Å². The van der Waals surface area contributed by atoms with Gasteiger partial charge in [-0.15, -0.1) is 0 Å². The highest BCUT2D eigenvalue weighted by Crippen LogP contribution is 2.35. The first-order chi connectivity index (χ1) is 10.3. The van der Waals surface area contributed by atoms with E-state index in [1.807, 2.05) is 36.4 Å². The van der Waals surface area contributed by atoms with Gasteiger partial charge in [0.25, 0.3) is 0 Å². The largest absolute Gasteiger partial charge is 0.384 e. The topological polar surface area (TPSA) is 51.0 Å². The fourth-order valence-corrected chi connectivity index (χ4v) is 2.86. The van der Waals surface area contributed by atoms with E-state index in [4.69, 9.17) is 4.52 Å². The Balaban J connectivity index is 1.68. The Bertz CT molecular complexity index is 782. The number of fused-ring (bicyclic) bond motifs is 1. The molecule has 5 heteroatoms. The second kappa shape index (κ2) is 5.00. The van der Waals surface area contributed by atoms with Crippen LogP contribution in [0.5, 0.6) is 0 Å². The van der Waals surface area contributed by atoms with Gasteiger partial charge in [-0.1, -0.05) is 39.3 Å². The molecule has 3 aromatic rings. The lowest BCUT2D eigenvalue weighted by molar-refractivity contribution is 0.371. The summed E-state index contributed by atoms with van der Waals surface area (Å²) in [7, 11) is 0. The molecule has 0 saturated heterocycles. The Morgan fingerprint density at radius 2 is 1.90 bits per heavy atom. The molecule has 2 heterocycles. The summed E-state index contributed by atoms with van der Waals surface area (Å²) in [6, 6.07) is 16.1. The van der Waals surface area contributed by atoms with E-state index >= 15 is 0 Å². The van der Waals surface area contributed by atoms with Crippen LogP contribution in [-0.2, 0) is 0 Å². The van der Waals surface area contributed by atoms with Crippen molar-refractivity contribution in [2.75, 3.05) is 11.9 Å². The maximum absolute atomic E-state index is 5.48.